The standard InChI is InChI=1S/C18H21N5O2/c1-12(2)25-18-21-11-14-10-20-16(17(14)22-18)13-3-4-19-15(9-13)23-5-7-24-8-6-23/h3-4,9,11-12H,5-8,10H2,1-2H3. The van der Waals surface area contributed by atoms with Gasteiger partial charge >= 0.3 is 6.01 Å². The Morgan fingerprint density at radius 3 is 2.84 bits per heavy atom. The molecule has 0 unspecified atom stereocenters. The summed E-state index contributed by atoms with van der Waals surface area (Å²) in [5.41, 5.74) is 3.77. The molecule has 4 rings (SSSR count). The van der Waals surface area contributed by atoms with Crippen molar-refractivity contribution in [2.24, 2.45) is 4.99 Å². The normalized spacial score (nSPS) is 16.8. The summed E-state index contributed by atoms with van der Waals surface area (Å²) in [5, 5.41) is 0. The molecule has 0 bridgehead atoms. The van der Waals surface area contributed by atoms with E-state index in [9.17, 15) is 0 Å². The Balaban J connectivity index is 1.64. The van der Waals surface area contributed by atoms with Crippen LogP contribution in [0.2, 0.25) is 0 Å². The van der Waals surface area contributed by atoms with Gasteiger partial charge < -0.3 is 14.4 Å². The summed E-state index contributed by atoms with van der Waals surface area (Å²) in [6.07, 6.45) is 3.67. The Hall–Kier alpha value is -2.54. The molecule has 0 spiro atoms. The summed E-state index contributed by atoms with van der Waals surface area (Å²) in [5.74, 6) is 0.949. The summed E-state index contributed by atoms with van der Waals surface area (Å²) < 4.78 is 11.0. The van der Waals surface area contributed by atoms with Gasteiger partial charge in [-0.3, -0.25) is 4.99 Å². The highest BCUT2D eigenvalue weighted by Gasteiger charge is 2.22. The molecular formula is C18H21N5O2. The van der Waals surface area contributed by atoms with Crippen LogP contribution in [0, 0.1) is 0 Å². The van der Waals surface area contributed by atoms with Crippen molar-refractivity contribution in [1.82, 2.24) is 15.0 Å². The number of fused-ring (bicyclic) bond motifs is 1. The number of anilines is 1. The molecule has 130 valence electrons. The van der Waals surface area contributed by atoms with Crippen LogP contribution >= 0.6 is 0 Å². The predicted molar refractivity (Wildman–Crippen MR) is 94.4 cm³/mol. The van der Waals surface area contributed by atoms with Crippen LogP contribution in [0.5, 0.6) is 6.01 Å². The average Bonchev–Trinajstić information content (AvgIpc) is 3.05. The molecule has 7 nitrogen and oxygen atoms in total. The van der Waals surface area contributed by atoms with E-state index >= 15 is 0 Å². The summed E-state index contributed by atoms with van der Waals surface area (Å²) in [6.45, 7) is 7.70. The lowest BCUT2D eigenvalue weighted by molar-refractivity contribution is 0.122. The fourth-order valence-corrected chi connectivity index (χ4v) is 2.98. The van der Waals surface area contributed by atoms with E-state index in [0.717, 1.165) is 54.7 Å². The zero-order chi connectivity index (χ0) is 17.2. The molecule has 0 aliphatic carbocycles. The second-order valence-electron chi connectivity index (χ2n) is 6.36. The third-order valence-electron chi connectivity index (χ3n) is 4.17. The monoisotopic (exact) mass is 339 g/mol. The van der Waals surface area contributed by atoms with Gasteiger partial charge in [0, 0.05) is 36.6 Å². The van der Waals surface area contributed by atoms with Crippen LogP contribution in [0.15, 0.2) is 29.5 Å². The van der Waals surface area contributed by atoms with Gasteiger partial charge in [-0.25, -0.2) is 9.97 Å². The Morgan fingerprint density at radius 1 is 1.20 bits per heavy atom. The molecule has 2 aliphatic rings. The molecule has 2 aromatic heterocycles. The molecular weight excluding hydrogens is 318 g/mol. The summed E-state index contributed by atoms with van der Waals surface area (Å²) in [6, 6.07) is 4.44. The van der Waals surface area contributed by atoms with Crippen LogP contribution in [0.1, 0.15) is 30.7 Å². The van der Waals surface area contributed by atoms with Gasteiger partial charge in [-0.1, -0.05) is 0 Å². The first-order valence-corrected chi connectivity index (χ1v) is 8.57. The van der Waals surface area contributed by atoms with Gasteiger partial charge in [0.15, 0.2) is 0 Å². The highest BCUT2D eigenvalue weighted by Crippen LogP contribution is 2.24. The molecule has 4 heterocycles. The lowest BCUT2D eigenvalue weighted by atomic mass is 10.1. The molecule has 1 fully saturated rings. The van der Waals surface area contributed by atoms with Gasteiger partial charge in [0.1, 0.15) is 11.5 Å². The number of pyridine rings is 1. The van der Waals surface area contributed by atoms with E-state index in [-0.39, 0.29) is 6.10 Å². The first kappa shape index (κ1) is 16.0. The van der Waals surface area contributed by atoms with Crippen molar-refractivity contribution in [3.8, 4) is 6.01 Å². The van der Waals surface area contributed by atoms with Gasteiger partial charge in [-0.15, -0.1) is 0 Å². The van der Waals surface area contributed by atoms with Crippen molar-refractivity contribution in [3.63, 3.8) is 0 Å². The largest absolute Gasteiger partial charge is 0.461 e. The topological polar surface area (TPSA) is 72.7 Å². The van der Waals surface area contributed by atoms with Crippen LogP contribution in [-0.4, -0.2) is 53.1 Å². The van der Waals surface area contributed by atoms with Crippen LogP contribution in [0.3, 0.4) is 0 Å². The predicted octanol–water partition coefficient (Wildman–Crippen LogP) is 1.85. The number of morpholine rings is 1. The second-order valence-corrected chi connectivity index (χ2v) is 6.36. The van der Waals surface area contributed by atoms with Gasteiger partial charge in [0.05, 0.1) is 31.6 Å². The highest BCUT2D eigenvalue weighted by molar-refractivity contribution is 6.14. The molecule has 0 atom stereocenters. The number of aliphatic imine (C=N–C) groups is 1. The van der Waals surface area contributed by atoms with Gasteiger partial charge in [0.2, 0.25) is 0 Å². The maximum absolute atomic E-state index is 5.63. The van der Waals surface area contributed by atoms with Gasteiger partial charge in [0.25, 0.3) is 0 Å². The Kier molecular flexibility index (Phi) is 4.31. The van der Waals surface area contributed by atoms with Crippen LogP contribution < -0.4 is 9.64 Å². The van der Waals surface area contributed by atoms with E-state index in [1.54, 1.807) is 6.20 Å². The molecule has 1 saturated heterocycles. The number of ether oxygens (including phenoxy) is 2. The summed E-state index contributed by atoms with van der Waals surface area (Å²) >= 11 is 0. The number of hydrogen-bond donors (Lipinski definition) is 0. The van der Waals surface area contributed by atoms with E-state index in [1.807, 2.05) is 26.1 Å². The van der Waals surface area contributed by atoms with Crippen molar-refractivity contribution < 1.29 is 9.47 Å². The first-order chi connectivity index (χ1) is 12.2. The molecule has 0 radical (unpaired) electrons. The van der Waals surface area contributed by atoms with Crippen molar-refractivity contribution in [2.45, 2.75) is 26.5 Å². The quantitative estimate of drug-likeness (QED) is 0.846. The van der Waals surface area contributed by atoms with Crippen molar-refractivity contribution in [1.29, 1.82) is 0 Å². The average molecular weight is 339 g/mol. The molecule has 25 heavy (non-hydrogen) atoms. The van der Waals surface area contributed by atoms with E-state index in [0.29, 0.717) is 12.6 Å². The van der Waals surface area contributed by atoms with E-state index in [2.05, 4.69) is 30.9 Å². The van der Waals surface area contributed by atoms with E-state index < -0.39 is 0 Å². The molecule has 0 amide bonds. The van der Waals surface area contributed by atoms with Gasteiger partial charge in [-0.05, 0) is 26.0 Å². The zero-order valence-corrected chi connectivity index (χ0v) is 14.5. The SMILES string of the molecule is CC(C)Oc1ncc2c(n1)C(c1ccnc(N3CCOCC3)c1)=NC2. The molecule has 0 N–H and O–H groups in total. The maximum atomic E-state index is 5.63. The van der Waals surface area contributed by atoms with Crippen molar-refractivity contribution >= 4 is 11.5 Å². The number of aromatic nitrogens is 3. The molecule has 7 heteroatoms. The zero-order valence-electron chi connectivity index (χ0n) is 14.5. The molecule has 2 aromatic rings. The van der Waals surface area contributed by atoms with Crippen molar-refractivity contribution in [3.05, 3.63) is 41.3 Å². The first-order valence-electron chi connectivity index (χ1n) is 8.57. The minimum atomic E-state index is 0.0358. The minimum Gasteiger partial charge on any atom is -0.461 e. The van der Waals surface area contributed by atoms with Gasteiger partial charge in [-0.2, -0.15) is 4.98 Å². The maximum Gasteiger partial charge on any atom is 0.317 e. The highest BCUT2D eigenvalue weighted by atomic mass is 16.5. The summed E-state index contributed by atoms with van der Waals surface area (Å²) in [4.78, 5) is 20.2. The lowest BCUT2D eigenvalue weighted by Gasteiger charge is -2.28. The lowest BCUT2D eigenvalue weighted by Crippen LogP contribution is -2.36. The number of nitrogens with zero attached hydrogens (tertiary/aromatic N) is 5. The third kappa shape index (κ3) is 3.32. The number of hydrogen-bond acceptors (Lipinski definition) is 7. The second kappa shape index (κ2) is 6.76. The third-order valence-corrected chi connectivity index (χ3v) is 4.17. The van der Waals surface area contributed by atoms with Crippen LogP contribution in [0.25, 0.3) is 0 Å². The smallest absolute Gasteiger partial charge is 0.317 e. The Bertz CT molecular complexity index is 800. The fourth-order valence-electron chi connectivity index (χ4n) is 2.98. The minimum absolute atomic E-state index is 0.0358. The molecule has 0 aromatic carbocycles. The van der Waals surface area contributed by atoms with E-state index in [1.165, 1.54) is 0 Å². The summed E-state index contributed by atoms with van der Waals surface area (Å²) in [7, 11) is 0. The Morgan fingerprint density at radius 2 is 2.04 bits per heavy atom. The molecule has 0 saturated carbocycles. The van der Waals surface area contributed by atoms with Crippen molar-refractivity contribution in [2.75, 3.05) is 31.2 Å². The number of rotatable bonds is 4. The van der Waals surface area contributed by atoms with Crippen LogP contribution in [-0.2, 0) is 11.3 Å². The van der Waals surface area contributed by atoms with Crippen LogP contribution in [0.4, 0.5) is 5.82 Å². The van der Waals surface area contributed by atoms with E-state index in [4.69, 9.17) is 9.47 Å². The fraction of sp³-hybridized carbons (Fsp3) is 0.444. The Labute approximate surface area is 146 Å². The molecule has 2 aliphatic heterocycles.